The Balaban J connectivity index is 1.84. The molecule has 3 aromatic rings. The lowest BCUT2D eigenvalue weighted by Gasteiger charge is -2.05. The molecule has 25 heavy (non-hydrogen) atoms. The summed E-state index contributed by atoms with van der Waals surface area (Å²) in [6, 6.07) is 12.5. The predicted molar refractivity (Wildman–Crippen MR) is 97.0 cm³/mol. The van der Waals surface area contributed by atoms with E-state index in [9.17, 15) is 4.57 Å². The van der Waals surface area contributed by atoms with Crippen LogP contribution in [0.4, 0.5) is 0 Å². The van der Waals surface area contributed by atoms with E-state index < -0.39 is 7.60 Å². The zero-order valence-electron chi connectivity index (χ0n) is 14.2. The lowest BCUT2D eigenvalue weighted by molar-refractivity contribution is -0.696. The maximum absolute atomic E-state index is 11.0. The second-order valence-electron chi connectivity index (χ2n) is 6.24. The Morgan fingerprint density at radius 1 is 0.880 bits per heavy atom. The summed E-state index contributed by atoms with van der Waals surface area (Å²) in [4.78, 5) is 18.0. The molecule has 3 rings (SSSR count). The van der Waals surface area contributed by atoms with Crippen molar-refractivity contribution >= 4 is 18.4 Å². The van der Waals surface area contributed by atoms with Crippen LogP contribution in [-0.2, 0) is 17.7 Å². The van der Waals surface area contributed by atoms with Crippen LogP contribution < -0.4 is 9.13 Å². The first-order valence-corrected chi connectivity index (χ1v) is 10.2. The quantitative estimate of drug-likeness (QED) is 0.526. The van der Waals surface area contributed by atoms with Crippen LogP contribution in [-0.4, -0.2) is 15.9 Å². The van der Waals surface area contributed by atoms with E-state index in [0.717, 1.165) is 29.3 Å². The molecule has 0 bridgehead atoms. The van der Waals surface area contributed by atoms with Gasteiger partial charge in [0.15, 0.2) is 31.3 Å². The topological polar surface area (TPSA) is 65.3 Å². The minimum absolute atomic E-state index is 0.150. The molecule has 0 saturated heterocycles. The van der Waals surface area contributed by atoms with Gasteiger partial charge in [-0.15, -0.1) is 0 Å². The van der Waals surface area contributed by atoms with Crippen LogP contribution in [0.1, 0.15) is 13.3 Å². The standard InChI is InChI=1S/C19H21N2O3P/c1-2-8-20-9-5-16(6-10-20)17-3-4-19-15-21(11-7-18(19)14-17)12-13-25(22,23)24/h3-7,9-11,14-15H,2,8,12-13H2,1H3/p+2. The molecule has 2 aromatic heterocycles. The van der Waals surface area contributed by atoms with E-state index in [1.54, 1.807) is 0 Å². The van der Waals surface area contributed by atoms with E-state index in [-0.39, 0.29) is 6.16 Å². The number of aryl methyl sites for hydroxylation is 2. The maximum Gasteiger partial charge on any atom is 0.331 e. The van der Waals surface area contributed by atoms with E-state index in [1.807, 2.05) is 29.1 Å². The normalized spacial score (nSPS) is 11.8. The minimum Gasteiger partial charge on any atom is -0.324 e. The molecule has 130 valence electrons. The van der Waals surface area contributed by atoms with Crippen molar-refractivity contribution in [2.24, 2.45) is 0 Å². The van der Waals surface area contributed by atoms with E-state index in [2.05, 4.69) is 48.1 Å². The highest BCUT2D eigenvalue weighted by Crippen LogP contribution is 2.33. The molecular weight excluding hydrogens is 335 g/mol. The Labute approximate surface area is 147 Å². The largest absolute Gasteiger partial charge is 0.331 e. The van der Waals surface area contributed by atoms with Crippen LogP contribution in [0.3, 0.4) is 0 Å². The first kappa shape index (κ1) is 17.7. The van der Waals surface area contributed by atoms with Crippen molar-refractivity contribution in [3.8, 4) is 11.1 Å². The molecule has 5 nitrogen and oxygen atoms in total. The average Bonchev–Trinajstić information content (AvgIpc) is 2.60. The Morgan fingerprint density at radius 3 is 2.28 bits per heavy atom. The van der Waals surface area contributed by atoms with Crippen molar-refractivity contribution < 1.29 is 23.5 Å². The van der Waals surface area contributed by atoms with Gasteiger partial charge < -0.3 is 9.79 Å². The summed E-state index contributed by atoms with van der Waals surface area (Å²) in [5, 5.41) is 2.16. The number of fused-ring (bicyclic) bond motifs is 1. The molecule has 1 aromatic carbocycles. The van der Waals surface area contributed by atoms with Gasteiger partial charge in [-0.05, 0) is 28.6 Å². The fourth-order valence-electron chi connectivity index (χ4n) is 2.86. The molecule has 0 aliphatic heterocycles. The van der Waals surface area contributed by atoms with Gasteiger partial charge in [0, 0.05) is 30.0 Å². The minimum atomic E-state index is -3.97. The van der Waals surface area contributed by atoms with E-state index in [0.29, 0.717) is 6.54 Å². The summed E-state index contributed by atoms with van der Waals surface area (Å²) < 4.78 is 15.0. The number of hydrogen-bond acceptors (Lipinski definition) is 1. The summed E-state index contributed by atoms with van der Waals surface area (Å²) >= 11 is 0. The molecule has 0 aliphatic carbocycles. The van der Waals surface area contributed by atoms with Crippen LogP contribution in [0.5, 0.6) is 0 Å². The lowest BCUT2D eigenvalue weighted by Crippen LogP contribution is -2.34. The van der Waals surface area contributed by atoms with E-state index >= 15 is 0 Å². The van der Waals surface area contributed by atoms with Gasteiger partial charge in [-0.1, -0.05) is 13.0 Å². The number of benzene rings is 1. The monoisotopic (exact) mass is 358 g/mol. The number of nitrogens with zero attached hydrogens (tertiary/aromatic N) is 2. The Hall–Kier alpha value is -2.07. The number of pyridine rings is 2. The van der Waals surface area contributed by atoms with Gasteiger partial charge in [-0.2, -0.15) is 0 Å². The summed E-state index contributed by atoms with van der Waals surface area (Å²) in [6.45, 7) is 3.49. The molecule has 0 amide bonds. The molecule has 6 heteroatoms. The van der Waals surface area contributed by atoms with Crippen molar-refractivity contribution in [2.45, 2.75) is 26.4 Å². The first-order chi connectivity index (χ1) is 11.9. The Bertz CT molecular complexity index is 920. The molecule has 0 radical (unpaired) electrons. The summed E-state index contributed by atoms with van der Waals surface area (Å²) in [5.74, 6) is 0. The van der Waals surface area contributed by atoms with Crippen LogP contribution in [0.15, 0.2) is 61.2 Å². The molecule has 0 atom stereocenters. The van der Waals surface area contributed by atoms with Gasteiger partial charge in [0.25, 0.3) is 0 Å². The van der Waals surface area contributed by atoms with Gasteiger partial charge in [0.2, 0.25) is 0 Å². The summed E-state index contributed by atoms with van der Waals surface area (Å²) in [5.41, 5.74) is 2.33. The molecule has 0 saturated carbocycles. The van der Waals surface area contributed by atoms with Gasteiger partial charge in [-0.3, -0.25) is 4.57 Å². The first-order valence-electron chi connectivity index (χ1n) is 8.41. The van der Waals surface area contributed by atoms with Gasteiger partial charge in [0.1, 0.15) is 12.7 Å². The fourth-order valence-corrected chi connectivity index (χ4v) is 3.35. The highest BCUT2D eigenvalue weighted by Gasteiger charge is 2.16. The molecule has 2 N–H and O–H groups in total. The lowest BCUT2D eigenvalue weighted by atomic mass is 10.0. The van der Waals surface area contributed by atoms with E-state index in [1.165, 1.54) is 5.56 Å². The van der Waals surface area contributed by atoms with Crippen molar-refractivity contribution in [1.29, 1.82) is 0 Å². The highest BCUT2D eigenvalue weighted by molar-refractivity contribution is 7.51. The number of hydrogen-bond donors (Lipinski definition) is 2. The van der Waals surface area contributed by atoms with Crippen LogP contribution >= 0.6 is 7.60 Å². The third-order valence-corrected chi connectivity index (χ3v) is 4.98. The van der Waals surface area contributed by atoms with Gasteiger partial charge >= 0.3 is 7.60 Å². The molecule has 0 unspecified atom stereocenters. The van der Waals surface area contributed by atoms with Gasteiger partial charge in [0.05, 0.1) is 0 Å². The average molecular weight is 358 g/mol. The molecule has 2 heterocycles. The third kappa shape index (κ3) is 4.73. The number of aromatic nitrogens is 2. The zero-order valence-corrected chi connectivity index (χ0v) is 15.1. The smallest absolute Gasteiger partial charge is 0.324 e. The summed E-state index contributed by atoms with van der Waals surface area (Å²) in [7, 11) is -3.97. The molecule has 0 aliphatic rings. The second-order valence-corrected chi connectivity index (χ2v) is 8.02. The van der Waals surface area contributed by atoms with Crippen LogP contribution in [0, 0.1) is 0 Å². The number of rotatable bonds is 6. The van der Waals surface area contributed by atoms with Crippen molar-refractivity contribution in [3.05, 3.63) is 61.2 Å². The molecule has 0 spiro atoms. The van der Waals surface area contributed by atoms with E-state index in [4.69, 9.17) is 9.79 Å². The predicted octanol–water partition coefficient (Wildman–Crippen LogP) is 2.67. The summed E-state index contributed by atoms with van der Waals surface area (Å²) in [6.07, 6.45) is 8.95. The maximum atomic E-state index is 11.0. The fraction of sp³-hybridized carbons (Fsp3) is 0.263. The second kappa shape index (κ2) is 7.44. The SMILES string of the molecule is CCC[n+]1ccc(-c2ccc3c[n+](CCP(=O)(O)O)ccc3c2)cc1. The van der Waals surface area contributed by atoms with Crippen molar-refractivity contribution in [1.82, 2.24) is 0 Å². The Morgan fingerprint density at radius 2 is 1.60 bits per heavy atom. The molecular formula is C19H23N2O3P+2. The zero-order chi connectivity index (χ0) is 17.9. The third-order valence-electron chi connectivity index (χ3n) is 4.19. The van der Waals surface area contributed by atoms with Gasteiger partial charge in [-0.25, -0.2) is 9.13 Å². The molecule has 0 fully saturated rings. The highest BCUT2D eigenvalue weighted by atomic mass is 31.2. The van der Waals surface area contributed by atoms with Crippen molar-refractivity contribution in [3.63, 3.8) is 0 Å². The van der Waals surface area contributed by atoms with Crippen LogP contribution in [0.2, 0.25) is 0 Å². The van der Waals surface area contributed by atoms with Crippen molar-refractivity contribution in [2.75, 3.05) is 6.16 Å². The Kier molecular flexibility index (Phi) is 5.28. The van der Waals surface area contributed by atoms with Crippen LogP contribution in [0.25, 0.3) is 21.9 Å².